The molecule has 0 aliphatic heterocycles. The summed E-state index contributed by atoms with van der Waals surface area (Å²) >= 11 is 0. The van der Waals surface area contributed by atoms with Crippen molar-refractivity contribution in [2.24, 2.45) is 0 Å². The van der Waals surface area contributed by atoms with Gasteiger partial charge in [0.05, 0.1) is 35.0 Å². The fourth-order valence-electron chi connectivity index (χ4n) is 3.93. The van der Waals surface area contributed by atoms with Gasteiger partial charge >= 0.3 is 0 Å². The summed E-state index contributed by atoms with van der Waals surface area (Å²) in [5, 5.41) is 17.9. The number of rotatable bonds is 6. The zero-order valence-electron chi connectivity index (χ0n) is 19.0. The molecule has 2 aromatic carbocycles. The van der Waals surface area contributed by atoms with Crippen molar-refractivity contribution in [3.05, 3.63) is 77.4 Å². The van der Waals surface area contributed by atoms with Gasteiger partial charge in [-0.05, 0) is 36.8 Å². The maximum absolute atomic E-state index is 13.6. The largest absolute Gasteiger partial charge is 0.496 e. The van der Waals surface area contributed by atoms with Gasteiger partial charge in [0.25, 0.3) is 5.91 Å². The summed E-state index contributed by atoms with van der Waals surface area (Å²) < 4.78 is 18.7. The van der Waals surface area contributed by atoms with E-state index >= 15 is 0 Å². The maximum Gasteiger partial charge on any atom is 0.255 e. The van der Waals surface area contributed by atoms with Crippen LogP contribution in [-0.2, 0) is 6.54 Å². The summed E-state index contributed by atoms with van der Waals surface area (Å²) in [6, 6.07) is 13.3. The highest BCUT2D eigenvalue weighted by Crippen LogP contribution is 2.35. The Kier molecular flexibility index (Phi) is 5.61. The van der Waals surface area contributed by atoms with Gasteiger partial charge in [0.15, 0.2) is 5.82 Å². The molecular formula is C25H22FN7O2. The predicted octanol–water partition coefficient (Wildman–Crippen LogP) is 3.98. The number of amides is 1. The Labute approximate surface area is 199 Å². The number of pyridine rings is 1. The lowest BCUT2D eigenvalue weighted by Gasteiger charge is -2.10. The molecule has 176 valence electrons. The van der Waals surface area contributed by atoms with Crippen LogP contribution in [0.2, 0.25) is 0 Å². The van der Waals surface area contributed by atoms with Crippen molar-refractivity contribution in [2.75, 3.05) is 12.8 Å². The SMILES string of the molecule is COc1ccc(F)cc1C(=O)NCc1ccc(-c2ncc(-c3cc(C)[nH]n3)c3[nH]nc(N)c23)cc1. The van der Waals surface area contributed by atoms with Crippen molar-refractivity contribution in [1.82, 2.24) is 30.7 Å². The highest BCUT2D eigenvalue weighted by atomic mass is 19.1. The molecule has 1 amide bonds. The number of aromatic amines is 2. The van der Waals surface area contributed by atoms with Gasteiger partial charge in [-0.3, -0.25) is 20.0 Å². The molecule has 0 saturated carbocycles. The van der Waals surface area contributed by atoms with E-state index in [4.69, 9.17) is 10.5 Å². The third-order valence-corrected chi connectivity index (χ3v) is 5.69. The minimum absolute atomic E-state index is 0.137. The Morgan fingerprint density at radius 3 is 2.63 bits per heavy atom. The van der Waals surface area contributed by atoms with Gasteiger partial charge in [0.1, 0.15) is 11.6 Å². The molecule has 0 aliphatic rings. The number of ether oxygens (including phenoxy) is 1. The van der Waals surface area contributed by atoms with E-state index in [-0.39, 0.29) is 12.1 Å². The van der Waals surface area contributed by atoms with E-state index in [9.17, 15) is 9.18 Å². The first-order chi connectivity index (χ1) is 16.9. The Balaban J connectivity index is 1.38. The Hall–Kier alpha value is -4.73. The Morgan fingerprint density at radius 2 is 1.91 bits per heavy atom. The van der Waals surface area contributed by atoms with Crippen LogP contribution in [0.3, 0.4) is 0 Å². The van der Waals surface area contributed by atoms with Crippen molar-refractivity contribution in [3.8, 4) is 28.3 Å². The average Bonchev–Trinajstić information content (AvgIpc) is 3.48. The molecule has 0 atom stereocenters. The number of nitrogens with one attached hydrogen (secondary N) is 3. The van der Waals surface area contributed by atoms with Gasteiger partial charge in [0.2, 0.25) is 0 Å². The number of hydrogen-bond acceptors (Lipinski definition) is 6. The van der Waals surface area contributed by atoms with Crippen LogP contribution in [0.5, 0.6) is 5.75 Å². The molecule has 35 heavy (non-hydrogen) atoms. The molecule has 3 heterocycles. The summed E-state index contributed by atoms with van der Waals surface area (Å²) in [7, 11) is 1.43. The van der Waals surface area contributed by atoms with Crippen LogP contribution in [0.4, 0.5) is 10.2 Å². The monoisotopic (exact) mass is 471 g/mol. The average molecular weight is 471 g/mol. The van der Waals surface area contributed by atoms with E-state index in [0.717, 1.165) is 39.7 Å². The smallest absolute Gasteiger partial charge is 0.255 e. The predicted molar refractivity (Wildman–Crippen MR) is 130 cm³/mol. The highest BCUT2D eigenvalue weighted by Gasteiger charge is 2.18. The van der Waals surface area contributed by atoms with E-state index in [1.807, 2.05) is 37.3 Å². The number of H-pyrrole nitrogens is 2. The topological polar surface area (TPSA) is 135 Å². The lowest BCUT2D eigenvalue weighted by atomic mass is 10.0. The molecule has 9 nitrogen and oxygen atoms in total. The van der Waals surface area contributed by atoms with Gasteiger partial charge in [-0.2, -0.15) is 10.2 Å². The molecule has 0 unspecified atom stereocenters. The standard InChI is InChI=1S/C25H22FN7O2/c1-13-9-19(31-30-13)18-12-28-22(21-23(18)32-33-24(21)27)15-5-3-14(4-6-15)11-29-25(34)17-10-16(26)7-8-20(17)35-2/h3-10,12H,11H2,1-2H3,(H,29,34)(H,30,31)(H3,27,32,33). The van der Waals surface area contributed by atoms with Crippen LogP contribution in [0.25, 0.3) is 33.4 Å². The van der Waals surface area contributed by atoms with Crippen LogP contribution < -0.4 is 15.8 Å². The number of halogens is 1. The number of aromatic nitrogens is 5. The summed E-state index contributed by atoms with van der Waals surface area (Å²) in [4.78, 5) is 17.2. The van der Waals surface area contributed by atoms with E-state index in [0.29, 0.717) is 22.6 Å². The van der Waals surface area contributed by atoms with Gasteiger partial charge in [0, 0.05) is 29.6 Å². The normalized spacial score (nSPS) is 11.1. The van der Waals surface area contributed by atoms with E-state index in [1.165, 1.54) is 19.2 Å². The molecule has 5 aromatic rings. The number of nitrogen functional groups attached to an aromatic ring is 1. The number of hydrogen-bond donors (Lipinski definition) is 4. The lowest BCUT2D eigenvalue weighted by Crippen LogP contribution is -2.23. The van der Waals surface area contributed by atoms with Crippen molar-refractivity contribution >= 4 is 22.6 Å². The molecule has 10 heteroatoms. The minimum atomic E-state index is -0.508. The van der Waals surface area contributed by atoms with Gasteiger partial charge in [-0.25, -0.2) is 4.39 Å². The van der Waals surface area contributed by atoms with Crippen molar-refractivity contribution in [1.29, 1.82) is 0 Å². The molecule has 0 bridgehead atoms. The Bertz CT molecular complexity index is 1540. The second-order valence-electron chi connectivity index (χ2n) is 8.04. The first kappa shape index (κ1) is 22.1. The zero-order valence-corrected chi connectivity index (χ0v) is 19.0. The minimum Gasteiger partial charge on any atom is -0.496 e. The molecule has 0 fully saturated rings. The summed E-state index contributed by atoms with van der Waals surface area (Å²) in [6.45, 7) is 2.18. The van der Waals surface area contributed by atoms with Gasteiger partial charge < -0.3 is 15.8 Å². The number of carbonyl (C=O) groups excluding carboxylic acids is 1. The molecule has 0 spiro atoms. The molecule has 3 aromatic heterocycles. The second-order valence-corrected chi connectivity index (χ2v) is 8.04. The number of anilines is 1. The number of nitrogens with zero attached hydrogens (tertiary/aromatic N) is 3. The van der Waals surface area contributed by atoms with E-state index in [2.05, 4.69) is 30.7 Å². The third-order valence-electron chi connectivity index (χ3n) is 5.69. The molecular weight excluding hydrogens is 449 g/mol. The quantitative estimate of drug-likeness (QED) is 0.296. The summed E-state index contributed by atoms with van der Waals surface area (Å²) in [6.07, 6.45) is 1.74. The molecule has 0 aliphatic carbocycles. The van der Waals surface area contributed by atoms with Crippen molar-refractivity contribution < 1.29 is 13.9 Å². The second kappa shape index (κ2) is 8.90. The molecule has 0 radical (unpaired) electrons. The number of benzene rings is 2. The third kappa shape index (κ3) is 4.17. The maximum atomic E-state index is 13.6. The summed E-state index contributed by atoms with van der Waals surface area (Å²) in [5.74, 6) is -0.285. The van der Waals surface area contributed by atoms with Crippen LogP contribution in [0.15, 0.2) is 54.7 Å². The van der Waals surface area contributed by atoms with E-state index < -0.39 is 11.7 Å². The van der Waals surface area contributed by atoms with E-state index in [1.54, 1.807) is 6.20 Å². The molecule has 5 N–H and O–H groups in total. The van der Waals surface area contributed by atoms with Crippen molar-refractivity contribution in [2.45, 2.75) is 13.5 Å². The molecule has 5 rings (SSSR count). The zero-order chi connectivity index (χ0) is 24.5. The fourth-order valence-corrected chi connectivity index (χ4v) is 3.93. The highest BCUT2D eigenvalue weighted by molar-refractivity contribution is 6.05. The van der Waals surface area contributed by atoms with Crippen LogP contribution in [-0.4, -0.2) is 38.4 Å². The number of nitrogens with two attached hydrogens (primary N) is 1. The number of aryl methyl sites for hydroxylation is 1. The van der Waals surface area contributed by atoms with Crippen LogP contribution in [0.1, 0.15) is 21.6 Å². The number of fused-ring (bicyclic) bond motifs is 1. The first-order valence-corrected chi connectivity index (χ1v) is 10.8. The number of carbonyl (C=O) groups is 1. The van der Waals surface area contributed by atoms with Gasteiger partial charge in [-0.15, -0.1) is 0 Å². The summed E-state index contributed by atoms with van der Waals surface area (Å²) in [5.41, 5.74) is 11.9. The fraction of sp³-hybridized carbons (Fsp3) is 0.120. The van der Waals surface area contributed by atoms with Gasteiger partial charge in [-0.1, -0.05) is 24.3 Å². The Morgan fingerprint density at radius 1 is 1.11 bits per heavy atom. The lowest BCUT2D eigenvalue weighted by molar-refractivity contribution is 0.0947. The molecule has 0 saturated heterocycles. The van der Waals surface area contributed by atoms with Crippen LogP contribution in [0, 0.1) is 12.7 Å². The number of methoxy groups -OCH3 is 1. The van der Waals surface area contributed by atoms with Crippen molar-refractivity contribution in [3.63, 3.8) is 0 Å². The van der Waals surface area contributed by atoms with Crippen LogP contribution >= 0.6 is 0 Å². The first-order valence-electron chi connectivity index (χ1n) is 10.8.